The highest BCUT2D eigenvalue weighted by Gasteiger charge is 2.27. The van der Waals surface area contributed by atoms with Gasteiger partial charge in [0.25, 0.3) is 10.0 Å². The van der Waals surface area contributed by atoms with Crippen LogP contribution < -0.4 is 5.32 Å². The lowest BCUT2D eigenvalue weighted by Crippen LogP contribution is -2.35. The third kappa shape index (κ3) is 4.41. The summed E-state index contributed by atoms with van der Waals surface area (Å²) in [7, 11) is -3.37. The van der Waals surface area contributed by atoms with Crippen molar-refractivity contribution in [1.82, 2.24) is 9.62 Å². The third-order valence-corrected chi connectivity index (χ3v) is 6.85. The van der Waals surface area contributed by atoms with Crippen molar-refractivity contribution in [3.63, 3.8) is 0 Å². The summed E-state index contributed by atoms with van der Waals surface area (Å²) in [6, 6.07) is 3.40. The van der Waals surface area contributed by atoms with Crippen LogP contribution in [0.3, 0.4) is 0 Å². The summed E-state index contributed by atoms with van der Waals surface area (Å²) in [4.78, 5) is 12.4. The van der Waals surface area contributed by atoms with Crippen molar-refractivity contribution in [3.8, 4) is 0 Å². The van der Waals surface area contributed by atoms with Crippen LogP contribution in [0.2, 0.25) is 0 Å². The van der Waals surface area contributed by atoms with E-state index in [4.69, 9.17) is 0 Å². The van der Waals surface area contributed by atoms with Crippen LogP contribution in [-0.4, -0.2) is 31.7 Å². The molecule has 0 bridgehead atoms. The SMILES string of the molecule is CC(C)=CC(=O)NCc1ccc(S(=O)(=O)N2CCCCC2)s1. The Kier molecular flexibility index (Phi) is 5.77. The predicted octanol–water partition coefficient (Wildman–Crippen LogP) is 2.51. The second kappa shape index (κ2) is 7.39. The Morgan fingerprint density at radius 1 is 1.27 bits per heavy atom. The smallest absolute Gasteiger partial charge is 0.252 e. The van der Waals surface area contributed by atoms with Crippen LogP contribution >= 0.6 is 11.3 Å². The standard InChI is InChI=1S/C15H22N2O3S2/c1-12(2)10-14(18)16-11-13-6-7-15(21-13)22(19,20)17-8-4-3-5-9-17/h6-7,10H,3-5,8-9,11H2,1-2H3,(H,16,18). The third-order valence-electron chi connectivity index (χ3n) is 3.40. The molecule has 1 amide bonds. The van der Waals surface area contributed by atoms with Gasteiger partial charge in [0.1, 0.15) is 4.21 Å². The van der Waals surface area contributed by atoms with Crippen LogP contribution in [-0.2, 0) is 21.4 Å². The summed E-state index contributed by atoms with van der Waals surface area (Å²) in [5, 5.41) is 2.76. The minimum atomic E-state index is -3.37. The maximum absolute atomic E-state index is 12.5. The van der Waals surface area contributed by atoms with E-state index in [1.165, 1.54) is 17.4 Å². The Hall–Kier alpha value is -1.18. The molecule has 122 valence electrons. The molecule has 1 saturated heterocycles. The second-order valence-corrected chi connectivity index (χ2v) is 8.96. The van der Waals surface area contributed by atoms with E-state index in [-0.39, 0.29) is 5.91 Å². The van der Waals surface area contributed by atoms with Crippen LogP contribution in [0.1, 0.15) is 38.0 Å². The van der Waals surface area contributed by atoms with Gasteiger partial charge < -0.3 is 5.32 Å². The normalized spacial score (nSPS) is 16.3. The van der Waals surface area contributed by atoms with Gasteiger partial charge in [-0.1, -0.05) is 12.0 Å². The minimum Gasteiger partial charge on any atom is -0.348 e. The summed E-state index contributed by atoms with van der Waals surface area (Å²) < 4.78 is 27.0. The molecule has 0 aromatic carbocycles. The van der Waals surface area contributed by atoms with Crippen molar-refractivity contribution in [2.45, 2.75) is 43.9 Å². The Morgan fingerprint density at radius 2 is 1.95 bits per heavy atom. The number of rotatable bonds is 5. The molecule has 1 N–H and O–H groups in total. The second-order valence-electron chi connectivity index (χ2n) is 5.62. The maximum atomic E-state index is 12.5. The number of piperidine rings is 1. The van der Waals surface area contributed by atoms with Gasteiger partial charge in [-0.25, -0.2) is 8.42 Å². The van der Waals surface area contributed by atoms with Crippen molar-refractivity contribution >= 4 is 27.3 Å². The number of sulfonamides is 1. The summed E-state index contributed by atoms with van der Waals surface area (Å²) in [6.45, 7) is 5.27. The highest BCUT2D eigenvalue weighted by molar-refractivity contribution is 7.91. The largest absolute Gasteiger partial charge is 0.348 e. The molecule has 1 fully saturated rings. The van der Waals surface area contributed by atoms with E-state index in [1.54, 1.807) is 16.4 Å². The predicted molar refractivity (Wildman–Crippen MR) is 88.2 cm³/mol. The number of nitrogens with one attached hydrogen (secondary N) is 1. The van der Waals surface area contributed by atoms with Crippen molar-refractivity contribution in [3.05, 3.63) is 28.7 Å². The van der Waals surface area contributed by atoms with Crippen molar-refractivity contribution in [2.75, 3.05) is 13.1 Å². The molecule has 0 atom stereocenters. The molecule has 0 unspecified atom stereocenters. The molecule has 0 radical (unpaired) electrons. The Balaban J connectivity index is 2.01. The van der Waals surface area contributed by atoms with Crippen LogP contribution in [0.25, 0.3) is 0 Å². The van der Waals surface area contributed by atoms with Crippen molar-refractivity contribution < 1.29 is 13.2 Å². The summed E-state index contributed by atoms with van der Waals surface area (Å²) in [6.07, 6.45) is 4.48. The molecule has 1 aromatic rings. The number of amides is 1. The van der Waals surface area contributed by atoms with Gasteiger partial charge in [-0.05, 0) is 38.8 Å². The molecule has 1 aromatic heterocycles. The number of thiophene rings is 1. The zero-order valence-corrected chi connectivity index (χ0v) is 14.6. The number of hydrogen-bond acceptors (Lipinski definition) is 4. The zero-order chi connectivity index (χ0) is 16.2. The average molecular weight is 342 g/mol. The number of carbonyl (C=O) groups excluding carboxylic acids is 1. The molecule has 22 heavy (non-hydrogen) atoms. The highest BCUT2D eigenvalue weighted by Crippen LogP contribution is 2.26. The minimum absolute atomic E-state index is 0.158. The molecule has 2 rings (SSSR count). The van der Waals surface area contributed by atoms with Crippen LogP contribution in [0.15, 0.2) is 28.0 Å². The first-order valence-corrected chi connectivity index (χ1v) is 9.67. The van der Waals surface area contributed by atoms with Crippen molar-refractivity contribution in [1.29, 1.82) is 0 Å². The lowest BCUT2D eigenvalue weighted by molar-refractivity contribution is -0.116. The molecule has 7 heteroatoms. The van der Waals surface area contributed by atoms with E-state index in [9.17, 15) is 13.2 Å². The van der Waals surface area contributed by atoms with Gasteiger partial charge in [-0.2, -0.15) is 4.31 Å². The highest BCUT2D eigenvalue weighted by atomic mass is 32.2. The van der Waals surface area contributed by atoms with E-state index in [1.807, 2.05) is 13.8 Å². The summed E-state index contributed by atoms with van der Waals surface area (Å²) in [5.74, 6) is -0.158. The van der Waals surface area contributed by atoms with E-state index in [0.717, 1.165) is 29.7 Å². The quantitative estimate of drug-likeness (QED) is 0.836. The van der Waals surface area contributed by atoms with Gasteiger partial charge in [-0.15, -0.1) is 11.3 Å². The lowest BCUT2D eigenvalue weighted by atomic mass is 10.2. The number of nitrogens with zero attached hydrogens (tertiary/aromatic N) is 1. The van der Waals surface area contributed by atoms with E-state index >= 15 is 0 Å². The number of hydrogen-bond donors (Lipinski definition) is 1. The van der Waals surface area contributed by atoms with Crippen LogP contribution in [0.4, 0.5) is 0 Å². The molecule has 0 spiro atoms. The molecule has 1 aliphatic rings. The first kappa shape index (κ1) is 17.2. The van der Waals surface area contributed by atoms with Crippen LogP contribution in [0.5, 0.6) is 0 Å². The maximum Gasteiger partial charge on any atom is 0.252 e. The molecular weight excluding hydrogens is 320 g/mol. The Bertz CT molecular complexity index is 652. The van der Waals surface area contributed by atoms with Gasteiger partial charge in [0.15, 0.2) is 0 Å². The van der Waals surface area contributed by atoms with Gasteiger partial charge in [0, 0.05) is 24.0 Å². The fourth-order valence-corrected chi connectivity index (χ4v) is 5.28. The molecule has 2 heterocycles. The zero-order valence-electron chi connectivity index (χ0n) is 13.0. The monoisotopic (exact) mass is 342 g/mol. The molecule has 5 nitrogen and oxygen atoms in total. The fraction of sp³-hybridized carbons (Fsp3) is 0.533. The average Bonchev–Trinajstić information content (AvgIpc) is 2.95. The number of allylic oxidation sites excluding steroid dienone is 1. The van der Waals surface area contributed by atoms with Gasteiger partial charge in [0.2, 0.25) is 5.91 Å². The summed E-state index contributed by atoms with van der Waals surface area (Å²) in [5.41, 5.74) is 0.928. The molecular formula is C15H22N2O3S2. The molecule has 1 aliphatic heterocycles. The molecule has 0 aliphatic carbocycles. The topological polar surface area (TPSA) is 66.5 Å². The van der Waals surface area contributed by atoms with E-state index in [0.29, 0.717) is 23.8 Å². The Morgan fingerprint density at radius 3 is 2.59 bits per heavy atom. The van der Waals surface area contributed by atoms with Gasteiger partial charge in [-0.3, -0.25) is 4.79 Å². The first-order valence-electron chi connectivity index (χ1n) is 7.41. The summed E-state index contributed by atoms with van der Waals surface area (Å²) >= 11 is 1.23. The van der Waals surface area contributed by atoms with Gasteiger partial charge >= 0.3 is 0 Å². The van der Waals surface area contributed by atoms with Crippen LogP contribution in [0, 0.1) is 0 Å². The molecule has 0 saturated carbocycles. The van der Waals surface area contributed by atoms with E-state index in [2.05, 4.69) is 5.32 Å². The fourth-order valence-electron chi connectivity index (χ4n) is 2.31. The Labute approximate surface area is 136 Å². The van der Waals surface area contributed by atoms with Gasteiger partial charge in [0.05, 0.1) is 6.54 Å². The number of carbonyl (C=O) groups is 1. The van der Waals surface area contributed by atoms with Crippen molar-refractivity contribution in [2.24, 2.45) is 0 Å². The lowest BCUT2D eigenvalue weighted by Gasteiger charge is -2.25. The van der Waals surface area contributed by atoms with E-state index < -0.39 is 10.0 Å². The first-order chi connectivity index (χ1) is 10.4.